The molecule has 0 aliphatic carbocycles. The molecule has 0 heterocycles. The van der Waals surface area contributed by atoms with Crippen LogP contribution in [-0.4, -0.2) is 23.5 Å². The van der Waals surface area contributed by atoms with Crippen LogP contribution in [-0.2, 0) is 0 Å². The second-order valence-corrected chi connectivity index (χ2v) is 5.93. The number of benzene rings is 1. The molecule has 0 amide bonds. The third-order valence-corrected chi connectivity index (χ3v) is 4.13. The van der Waals surface area contributed by atoms with Crippen molar-refractivity contribution in [3.63, 3.8) is 0 Å². The summed E-state index contributed by atoms with van der Waals surface area (Å²) in [7, 11) is 1.67. The first-order chi connectivity index (χ1) is 8.65. The first-order valence-electron chi connectivity index (χ1n) is 5.68. The number of allylic oxidation sites excluding steroid dienone is 1. The molecule has 4 heteroatoms. The van der Waals surface area contributed by atoms with Gasteiger partial charge in [-0.2, -0.15) is 0 Å². The fraction of sp³-hybridized carbons (Fsp3) is 0.357. The molecule has 0 atom stereocenters. The molecule has 18 heavy (non-hydrogen) atoms. The van der Waals surface area contributed by atoms with Gasteiger partial charge in [0.15, 0.2) is 0 Å². The van der Waals surface area contributed by atoms with Gasteiger partial charge in [-0.25, -0.2) is 4.99 Å². The summed E-state index contributed by atoms with van der Waals surface area (Å²) >= 11 is 3.44. The zero-order valence-electron chi connectivity index (χ0n) is 11.3. The van der Waals surface area contributed by atoms with Gasteiger partial charge in [0.2, 0.25) is 0 Å². The van der Waals surface area contributed by atoms with Crippen molar-refractivity contribution >= 4 is 33.6 Å². The van der Waals surface area contributed by atoms with Gasteiger partial charge in [-0.05, 0) is 44.4 Å². The van der Waals surface area contributed by atoms with E-state index in [1.165, 1.54) is 5.57 Å². The van der Waals surface area contributed by atoms with Gasteiger partial charge in [0.05, 0.1) is 12.8 Å². The summed E-state index contributed by atoms with van der Waals surface area (Å²) in [5, 5.41) is 0. The summed E-state index contributed by atoms with van der Waals surface area (Å²) < 4.78 is 6.21. The fourth-order valence-electron chi connectivity index (χ4n) is 1.18. The van der Waals surface area contributed by atoms with Gasteiger partial charge >= 0.3 is 0 Å². The second-order valence-electron chi connectivity index (χ2n) is 3.87. The van der Waals surface area contributed by atoms with Crippen molar-refractivity contribution in [3.05, 3.63) is 35.9 Å². The fourth-order valence-corrected chi connectivity index (χ4v) is 2.78. The number of hydrogen-bond acceptors (Lipinski definition) is 4. The predicted octanol–water partition coefficient (Wildman–Crippen LogP) is 4.75. The third-order valence-electron chi connectivity index (χ3n) is 2.17. The molecule has 0 saturated carbocycles. The lowest BCUT2D eigenvalue weighted by molar-refractivity contribution is 0.415. The number of methoxy groups -OCH3 is 1. The Morgan fingerprint density at radius 2 is 1.94 bits per heavy atom. The van der Waals surface area contributed by atoms with Gasteiger partial charge in [-0.3, -0.25) is 0 Å². The van der Waals surface area contributed by atoms with E-state index in [0.717, 1.165) is 21.6 Å². The van der Waals surface area contributed by atoms with Crippen LogP contribution in [0.25, 0.3) is 0 Å². The minimum atomic E-state index is 0.858. The number of thioether (sulfide) groups is 2. The Balaban J connectivity index is 2.67. The molecule has 1 aromatic carbocycles. The lowest BCUT2D eigenvalue weighted by atomic mass is 10.3. The summed E-state index contributed by atoms with van der Waals surface area (Å²) in [6.45, 7) is 4.22. The highest BCUT2D eigenvalue weighted by Gasteiger charge is 1.99. The maximum atomic E-state index is 5.13. The third kappa shape index (κ3) is 5.65. The summed E-state index contributed by atoms with van der Waals surface area (Å²) in [5.74, 6) is 1.83. The first-order valence-corrected chi connectivity index (χ1v) is 7.89. The van der Waals surface area contributed by atoms with Gasteiger partial charge in [0, 0.05) is 5.75 Å². The average Bonchev–Trinajstić information content (AvgIpc) is 2.38. The summed E-state index contributed by atoms with van der Waals surface area (Å²) in [5.41, 5.74) is 2.30. The van der Waals surface area contributed by atoms with Crippen LogP contribution in [0.1, 0.15) is 13.8 Å². The Kier molecular flexibility index (Phi) is 6.98. The molecule has 0 radical (unpaired) electrons. The van der Waals surface area contributed by atoms with Crippen molar-refractivity contribution in [2.24, 2.45) is 4.99 Å². The maximum Gasteiger partial charge on any atom is 0.130 e. The first kappa shape index (κ1) is 15.2. The van der Waals surface area contributed by atoms with E-state index in [0.29, 0.717) is 0 Å². The van der Waals surface area contributed by atoms with Crippen LogP contribution in [0.4, 0.5) is 5.69 Å². The molecule has 0 aliphatic heterocycles. The Morgan fingerprint density at radius 1 is 1.28 bits per heavy atom. The van der Waals surface area contributed by atoms with Gasteiger partial charge in [0.25, 0.3) is 0 Å². The molecule has 0 aromatic heterocycles. The molecule has 98 valence electrons. The van der Waals surface area contributed by atoms with Gasteiger partial charge in [-0.1, -0.05) is 23.4 Å². The molecule has 0 N–H and O–H groups in total. The highest BCUT2D eigenvalue weighted by Crippen LogP contribution is 2.23. The molecular weight excluding hydrogens is 262 g/mol. The SMILES string of the molecule is COc1ccc(N=C(SC)SCC=C(C)C)cc1. The highest BCUT2D eigenvalue weighted by atomic mass is 32.2. The topological polar surface area (TPSA) is 21.6 Å². The van der Waals surface area contributed by atoms with Crippen molar-refractivity contribution < 1.29 is 4.74 Å². The summed E-state index contributed by atoms with van der Waals surface area (Å²) in [6, 6.07) is 7.79. The van der Waals surface area contributed by atoms with E-state index in [1.807, 2.05) is 24.3 Å². The van der Waals surface area contributed by atoms with E-state index in [9.17, 15) is 0 Å². The van der Waals surface area contributed by atoms with Crippen LogP contribution < -0.4 is 4.74 Å². The standard InChI is InChI=1S/C14H19NOS2/c1-11(2)9-10-18-14(17-4)15-12-5-7-13(16-3)8-6-12/h5-9H,10H2,1-4H3. The van der Waals surface area contributed by atoms with Crippen molar-refractivity contribution in [1.82, 2.24) is 0 Å². The molecule has 1 aromatic rings. The van der Waals surface area contributed by atoms with Crippen LogP contribution in [0.3, 0.4) is 0 Å². The molecule has 0 unspecified atom stereocenters. The second kappa shape index (κ2) is 8.27. The van der Waals surface area contributed by atoms with E-state index in [1.54, 1.807) is 30.6 Å². The highest BCUT2D eigenvalue weighted by molar-refractivity contribution is 8.38. The molecule has 0 aliphatic rings. The quantitative estimate of drug-likeness (QED) is 0.452. The summed E-state index contributed by atoms with van der Waals surface area (Å²) in [6.07, 6.45) is 4.27. The van der Waals surface area contributed by atoms with Gasteiger partial charge < -0.3 is 4.74 Å². The molecule has 0 saturated heterocycles. The van der Waals surface area contributed by atoms with E-state index in [4.69, 9.17) is 4.74 Å². The Bertz CT molecular complexity index is 420. The lowest BCUT2D eigenvalue weighted by Gasteiger charge is -2.03. The van der Waals surface area contributed by atoms with E-state index in [2.05, 4.69) is 31.2 Å². The zero-order chi connectivity index (χ0) is 13.4. The van der Waals surface area contributed by atoms with Crippen molar-refractivity contribution in [2.75, 3.05) is 19.1 Å². The number of rotatable bonds is 4. The number of ether oxygens (including phenoxy) is 1. The Labute approximate surface area is 118 Å². The van der Waals surface area contributed by atoms with Gasteiger partial charge in [-0.15, -0.1) is 11.8 Å². The number of nitrogens with zero attached hydrogens (tertiary/aromatic N) is 1. The monoisotopic (exact) mass is 281 g/mol. The lowest BCUT2D eigenvalue weighted by Crippen LogP contribution is -1.86. The van der Waals surface area contributed by atoms with E-state index < -0.39 is 0 Å². The van der Waals surface area contributed by atoms with Crippen LogP contribution in [0.2, 0.25) is 0 Å². The van der Waals surface area contributed by atoms with Crippen LogP contribution in [0.5, 0.6) is 5.75 Å². The van der Waals surface area contributed by atoms with Crippen molar-refractivity contribution in [1.29, 1.82) is 0 Å². The smallest absolute Gasteiger partial charge is 0.130 e. The molecule has 0 fully saturated rings. The molecule has 0 spiro atoms. The largest absolute Gasteiger partial charge is 0.497 e. The molecular formula is C14H19NOS2. The Hall–Kier alpha value is -0.870. The van der Waals surface area contributed by atoms with Crippen molar-refractivity contribution in [3.8, 4) is 5.75 Å². The predicted molar refractivity (Wildman–Crippen MR) is 85.5 cm³/mol. The van der Waals surface area contributed by atoms with Crippen LogP contribution in [0, 0.1) is 0 Å². The molecule has 0 bridgehead atoms. The van der Waals surface area contributed by atoms with Crippen LogP contribution in [0.15, 0.2) is 40.9 Å². The normalized spacial score (nSPS) is 11.2. The number of hydrogen-bond donors (Lipinski definition) is 0. The maximum absolute atomic E-state index is 5.13. The van der Waals surface area contributed by atoms with E-state index in [-0.39, 0.29) is 0 Å². The summed E-state index contributed by atoms with van der Waals surface area (Å²) in [4.78, 5) is 4.61. The van der Waals surface area contributed by atoms with Gasteiger partial charge in [0.1, 0.15) is 10.1 Å². The minimum Gasteiger partial charge on any atom is -0.497 e. The molecule has 2 nitrogen and oxygen atoms in total. The number of aliphatic imine (C=N–C) groups is 1. The Morgan fingerprint density at radius 3 is 2.44 bits per heavy atom. The average molecular weight is 281 g/mol. The van der Waals surface area contributed by atoms with Crippen molar-refractivity contribution in [2.45, 2.75) is 13.8 Å². The molecule has 1 rings (SSSR count). The van der Waals surface area contributed by atoms with E-state index >= 15 is 0 Å². The zero-order valence-corrected chi connectivity index (χ0v) is 12.9. The minimum absolute atomic E-state index is 0.858. The van der Waals surface area contributed by atoms with Crippen LogP contribution >= 0.6 is 23.5 Å².